The molecule has 0 saturated carbocycles. The summed E-state index contributed by atoms with van der Waals surface area (Å²) in [7, 11) is 0. The number of carbonyl (C=O) groups is 2. The maximum atomic E-state index is 12.8. The second kappa shape index (κ2) is 6.76. The Morgan fingerprint density at radius 1 is 1.43 bits per heavy atom. The molecule has 21 heavy (non-hydrogen) atoms. The van der Waals surface area contributed by atoms with Gasteiger partial charge in [0.05, 0.1) is 19.3 Å². The molecule has 1 aromatic rings. The minimum Gasteiger partial charge on any atom is -0.481 e. The van der Waals surface area contributed by atoms with Gasteiger partial charge in [0.1, 0.15) is 11.6 Å². The molecule has 1 amide bonds. The Balaban J connectivity index is 2.26. The van der Waals surface area contributed by atoms with Gasteiger partial charge in [-0.1, -0.05) is 6.92 Å². The number of carboxylic acid groups (broad SMARTS) is 1. The number of hydrogen-bond acceptors (Lipinski definition) is 3. The van der Waals surface area contributed by atoms with Crippen molar-refractivity contribution in [3.8, 4) is 0 Å². The molecule has 6 nitrogen and oxygen atoms in total. The molecule has 1 fully saturated rings. The minimum atomic E-state index is -0.905. The van der Waals surface area contributed by atoms with Gasteiger partial charge < -0.3 is 19.3 Å². The Kier molecular flexibility index (Phi) is 5.01. The van der Waals surface area contributed by atoms with E-state index in [2.05, 4.69) is 0 Å². The number of aromatic nitrogens is 1. The SMILES string of the molecule is CCCN(C(=O)c1cccn1CC)C1COCC1C(=O)O. The van der Waals surface area contributed by atoms with E-state index in [4.69, 9.17) is 4.74 Å². The first kappa shape index (κ1) is 15.6. The molecule has 1 aromatic heterocycles. The van der Waals surface area contributed by atoms with Gasteiger partial charge in [-0.2, -0.15) is 0 Å². The molecule has 0 bridgehead atoms. The average molecular weight is 294 g/mol. The number of nitrogens with zero attached hydrogens (tertiary/aromatic N) is 2. The molecule has 2 rings (SSSR count). The third-order valence-electron chi connectivity index (χ3n) is 3.88. The van der Waals surface area contributed by atoms with Crippen molar-refractivity contribution in [1.82, 2.24) is 9.47 Å². The minimum absolute atomic E-state index is 0.120. The topological polar surface area (TPSA) is 71.8 Å². The summed E-state index contributed by atoms with van der Waals surface area (Å²) >= 11 is 0. The fourth-order valence-corrected chi connectivity index (χ4v) is 2.78. The van der Waals surface area contributed by atoms with Crippen molar-refractivity contribution in [2.24, 2.45) is 5.92 Å². The zero-order valence-electron chi connectivity index (χ0n) is 12.5. The molecule has 0 spiro atoms. The normalized spacial score (nSPS) is 21.4. The van der Waals surface area contributed by atoms with E-state index in [1.54, 1.807) is 11.0 Å². The third kappa shape index (κ3) is 3.10. The molecule has 1 saturated heterocycles. The fourth-order valence-electron chi connectivity index (χ4n) is 2.78. The van der Waals surface area contributed by atoms with Gasteiger partial charge in [0.25, 0.3) is 5.91 Å². The molecule has 2 unspecified atom stereocenters. The van der Waals surface area contributed by atoms with E-state index < -0.39 is 17.9 Å². The first-order valence-electron chi connectivity index (χ1n) is 7.36. The van der Waals surface area contributed by atoms with Crippen LogP contribution in [-0.2, 0) is 16.1 Å². The molecular weight excluding hydrogens is 272 g/mol. The largest absolute Gasteiger partial charge is 0.481 e. The summed E-state index contributed by atoms with van der Waals surface area (Å²) in [4.78, 5) is 25.8. The third-order valence-corrected chi connectivity index (χ3v) is 3.88. The van der Waals surface area contributed by atoms with E-state index in [0.717, 1.165) is 6.42 Å². The summed E-state index contributed by atoms with van der Waals surface area (Å²) in [5.41, 5.74) is 0.599. The quantitative estimate of drug-likeness (QED) is 0.862. The van der Waals surface area contributed by atoms with Crippen LogP contribution in [0.5, 0.6) is 0 Å². The van der Waals surface area contributed by atoms with E-state index >= 15 is 0 Å². The van der Waals surface area contributed by atoms with E-state index in [1.165, 1.54) is 0 Å². The van der Waals surface area contributed by atoms with E-state index in [0.29, 0.717) is 18.8 Å². The Morgan fingerprint density at radius 2 is 2.19 bits per heavy atom. The standard InChI is InChI=1S/C15H22N2O4/c1-3-7-17(13-10-21-9-11(13)15(19)20)14(18)12-6-5-8-16(12)4-2/h5-6,8,11,13H,3-4,7,9-10H2,1-2H3,(H,19,20). The smallest absolute Gasteiger partial charge is 0.311 e. The highest BCUT2D eigenvalue weighted by Crippen LogP contribution is 2.22. The Hall–Kier alpha value is -1.82. The molecule has 6 heteroatoms. The van der Waals surface area contributed by atoms with E-state index in [1.807, 2.05) is 30.7 Å². The number of ether oxygens (including phenoxy) is 1. The van der Waals surface area contributed by atoms with Gasteiger partial charge in [-0.3, -0.25) is 9.59 Å². The summed E-state index contributed by atoms with van der Waals surface area (Å²) in [6.07, 6.45) is 2.64. The lowest BCUT2D eigenvalue weighted by Gasteiger charge is -2.30. The van der Waals surface area contributed by atoms with Crippen molar-refractivity contribution in [3.63, 3.8) is 0 Å². The van der Waals surface area contributed by atoms with Crippen molar-refractivity contribution in [1.29, 1.82) is 0 Å². The van der Waals surface area contributed by atoms with Crippen LogP contribution in [0.2, 0.25) is 0 Å². The van der Waals surface area contributed by atoms with Crippen molar-refractivity contribution in [2.45, 2.75) is 32.9 Å². The van der Waals surface area contributed by atoms with Crippen LogP contribution in [0.1, 0.15) is 30.8 Å². The van der Waals surface area contributed by atoms with Gasteiger partial charge in [0, 0.05) is 19.3 Å². The van der Waals surface area contributed by atoms with Crippen LogP contribution < -0.4 is 0 Å². The molecule has 0 aliphatic carbocycles. The maximum absolute atomic E-state index is 12.8. The number of amides is 1. The van der Waals surface area contributed by atoms with Gasteiger partial charge in [0.2, 0.25) is 0 Å². The van der Waals surface area contributed by atoms with Gasteiger partial charge >= 0.3 is 5.97 Å². The predicted octanol–water partition coefficient (Wildman–Crippen LogP) is 1.46. The van der Waals surface area contributed by atoms with Gasteiger partial charge in [-0.05, 0) is 25.5 Å². The van der Waals surface area contributed by atoms with E-state index in [9.17, 15) is 14.7 Å². The molecule has 1 N–H and O–H groups in total. The lowest BCUT2D eigenvalue weighted by Crippen LogP contribution is -2.47. The lowest BCUT2D eigenvalue weighted by atomic mass is 10.0. The zero-order valence-corrected chi connectivity index (χ0v) is 12.5. The maximum Gasteiger partial charge on any atom is 0.311 e. The van der Waals surface area contributed by atoms with Crippen molar-refractivity contribution >= 4 is 11.9 Å². The monoisotopic (exact) mass is 294 g/mol. The van der Waals surface area contributed by atoms with Crippen LogP contribution in [0.3, 0.4) is 0 Å². The summed E-state index contributed by atoms with van der Waals surface area (Å²) in [6.45, 7) is 5.64. The highest BCUT2D eigenvalue weighted by molar-refractivity contribution is 5.93. The molecule has 116 valence electrons. The van der Waals surface area contributed by atoms with Crippen LogP contribution >= 0.6 is 0 Å². The van der Waals surface area contributed by atoms with Crippen LogP contribution in [0.4, 0.5) is 0 Å². The van der Waals surface area contributed by atoms with Crippen LogP contribution in [0.15, 0.2) is 18.3 Å². The highest BCUT2D eigenvalue weighted by atomic mass is 16.5. The van der Waals surface area contributed by atoms with Crippen LogP contribution in [0.25, 0.3) is 0 Å². The van der Waals surface area contributed by atoms with Crippen molar-refractivity contribution in [3.05, 3.63) is 24.0 Å². The first-order chi connectivity index (χ1) is 10.1. The number of rotatable bonds is 6. The predicted molar refractivity (Wildman–Crippen MR) is 77.2 cm³/mol. The Bertz CT molecular complexity index is 512. The second-order valence-corrected chi connectivity index (χ2v) is 5.23. The molecule has 1 aliphatic rings. The molecule has 1 aliphatic heterocycles. The van der Waals surface area contributed by atoms with Crippen LogP contribution in [-0.4, -0.2) is 52.3 Å². The van der Waals surface area contributed by atoms with E-state index in [-0.39, 0.29) is 19.1 Å². The summed E-state index contributed by atoms with van der Waals surface area (Å²) in [5, 5.41) is 9.29. The molecule has 2 heterocycles. The van der Waals surface area contributed by atoms with Crippen LogP contribution in [0, 0.1) is 5.92 Å². The second-order valence-electron chi connectivity index (χ2n) is 5.23. The zero-order chi connectivity index (χ0) is 15.4. The average Bonchev–Trinajstić information content (AvgIpc) is 3.11. The Morgan fingerprint density at radius 3 is 2.81 bits per heavy atom. The number of aryl methyl sites for hydroxylation is 1. The first-order valence-corrected chi connectivity index (χ1v) is 7.36. The number of hydrogen-bond donors (Lipinski definition) is 1. The van der Waals surface area contributed by atoms with Gasteiger partial charge in [-0.15, -0.1) is 0 Å². The summed E-state index contributed by atoms with van der Waals surface area (Å²) in [6, 6.07) is 3.22. The lowest BCUT2D eigenvalue weighted by molar-refractivity contribution is -0.142. The number of aliphatic carboxylic acids is 1. The van der Waals surface area contributed by atoms with Crippen molar-refractivity contribution in [2.75, 3.05) is 19.8 Å². The van der Waals surface area contributed by atoms with Gasteiger partial charge in [-0.25, -0.2) is 0 Å². The Labute approximate surface area is 124 Å². The van der Waals surface area contributed by atoms with Crippen molar-refractivity contribution < 1.29 is 19.4 Å². The number of carboxylic acids is 1. The molecule has 0 aromatic carbocycles. The summed E-state index contributed by atoms with van der Waals surface area (Å²) in [5.74, 6) is -1.67. The number of carbonyl (C=O) groups excluding carboxylic acids is 1. The van der Waals surface area contributed by atoms with Gasteiger partial charge in [0.15, 0.2) is 0 Å². The molecule has 0 radical (unpaired) electrons. The summed E-state index contributed by atoms with van der Waals surface area (Å²) < 4.78 is 7.17. The molecular formula is C15H22N2O4. The fraction of sp³-hybridized carbons (Fsp3) is 0.600. The highest BCUT2D eigenvalue weighted by Gasteiger charge is 2.40. The molecule has 2 atom stereocenters.